The molecule has 0 radical (unpaired) electrons. The molecule has 0 bridgehead atoms. The predicted octanol–water partition coefficient (Wildman–Crippen LogP) is 4.11. The molecule has 0 N–H and O–H groups in total. The Morgan fingerprint density at radius 2 is 1.84 bits per heavy atom. The molecule has 4 rings (SSSR count). The maximum Gasteiger partial charge on any atom is 0.363 e. The van der Waals surface area contributed by atoms with E-state index in [-0.39, 0.29) is 5.69 Å². The number of esters is 1. The number of rotatable bonds is 3. The number of hydrogen-bond donors (Lipinski definition) is 0. The molecule has 25 heavy (non-hydrogen) atoms. The maximum atomic E-state index is 12.3. The van der Waals surface area contributed by atoms with Crippen molar-refractivity contribution < 1.29 is 19.0 Å². The standard InChI is InChI=1S/C19H15NO4S/c1-12-2-4-13(5-3-12)18-20-15(11-25-18)19(21)24-14-6-7-16-17(10-14)23-9-8-22-16/h2-7,10-11H,8-9H2,1H3. The summed E-state index contributed by atoms with van der Waals surface area (Å²) in [6, 6.07) is 13.1. The Morgan fingerprint density at radius 1 is 1.08 bits per heavy atom. The number of nitrogens with zero attached hydrogens (tertiary/aromatic N) is 1. The minimum Gasteiger partial charge on any atom is -0.486 e. The fourth-order valence-corrected chi connectivity index (χ4v) is 3.24. The summed E-state index contributed by atoms with van der Waals surface area (Å²) in [5, 5.41) is 2.49. The first-order valence-corrected chi connectivity index (χ1v) is 8.71. The van der Waals surface area contributed by atoms with Gasteiger partial charge in [0.2, 0.25) is 0 Å². The molecule has 0 amide bonds. The van der Waals surface area contributed by atoms with E-state index in [9.17, 15) is 4.79 Å². The first-order valence-electron chi connectivity index (χ1n) is 7.83. The molecule has 0 spiro atoms. The van der Waals surface area contributed by atoms with Crippen LogP contribution in [0.1, 0.15) is 16.1 Å². The number of carbonyl (C=O) groups excluding carboxylic acids is 1. The predicted molar refractivity (Wildman–Crippen MR) is 94.7 cm³/mol. The average molecular weight is 353 g/mol. The van der Waals surface area contributed by atoms with E-state index >= 15 is 0 Å². The Kier molecular flexibility index (Phi) is 4.11. The van der Waals surface area contributed by atoms with Gasteiger partial charge in [0.15, 0.2) is 17.2 Å². The van der Waals surface area contributed by atoms with Crippen molar-refractivity contribution in [1.82, 2.24) is 4.98 Å². The monoisotopic (exact) mass is 353 g/mol. The van der Waals surface area contributed by atoms with Crippen molar-refractivity contribution in [3.63, 3.8) is 0 Å². The molecule has 2 heterocycles. The molecule has 0 aliphatic carbocycles. The topological polar surface area (TPSA) is 57.7 Å². The van der Waals surface area contributed by atoms with Crippen LogP contribution in [-0.4, -0.2) is 24.2 Å². The van der Waals surface area contributed by atoms with Crippen molar-refractivity contribution >= 4 is 17.3 Å². The Balaban J connectivity index is 1.51. The van der Waals surface area contributed by atoms with Gasteiger partial charge in [0.25, 0.3) is 0 Å². The number of aryl methyl sites for hydroxylation is 1. The minimum atomic E-state index is -0.494. The van der Waals surface area contributed by atoms with Gasteiger partial charge in [-0.3, -0.25) is 0 Å². The third-order valence-electron chi connectivity index (χ3n) is 3.74. The molecule has 1 aliphatic rings. The highest BCUT2D eigenvalue weighted by Crippen LogP contribution is 2.34. The highest BCUT2D eigenvalue weighted by molar-refractivity contribution is 7.13. The van der Waals surface area contributed by atoms with Crippen molar-refractivity contribution in [2.75, 3.05) is 13.2 Å². The summed E-state index contributed by atoms with van der Waals surface area (Å²) >= 11 is 1.41. The second-order valence-corrected chi connectivity index (χ2v) is 6.46. The summed E-state index contributed by atoms with van der Waals surface area (Å²) in [5.41, 5.74) is 2.45. The van der Waals surface area contributed by atoms with E-state index in [0.29, 0.717) is 30.5 Å². The molecular weight excluding hydrogens is 338 g/mol. The second-order valence-electron chi connectivity index (χ2n) is 5.60. The Hall–Kier alpha value is -2.86. The van der Waals surface area contributed by atoms with E-state index in [1.165, 1.54) is 16.9 Å². The molecule has 0 atom stereocenters. The van der Waals surface area contributed by atoms with Crippen molar-refractivity contribution in [2.24, 2.45) is 0 Å². The first-order chi connectivity index (χ1) is 12.2. The van der Waals surface area contributed by atoms with Crippen molar-refractivity contribution in [3.05, 3.63) is 59.1 Å². The van der Waals surface area contributed by atoms with Crippen LogP contribution in [0.25, 0.3) is 10.6 Å². The third kappa shape index (κ3) is 3.34. The maximum absolute atomic E-state index is 12.3. The number of benzene rings is 2. The van der Waals surface area contributed by atoms with Crippen LogP contribution in [0.5, 0.6) is 17.2 Å². The second kappa shape index (κ2) is 6.57. The lowest BCUT2D eigenvalue weighted by Crippen LogP contribution is -2.15. The first kappa shape index (κ1) is 15.7. The SMILES string of the molecule is Cc1ccc(-c2nc(C(=O)Oc3ccc4c(c3)OCCO4)cs2)cc1. The van der Waals surface area contributed by atoms with E-state index in [1.807, 2.05) is 31.2 Å². The highest BCUT2D eigenvalue weighted by atomic mass is 32.1. The Labute approximate surface area is 148 Å². The van der Waals surface area contributed by atoms with Crippen LogP contribution >= 0.6 is 11.3 Å². The zero-order valence-corrected chi connectivity index (χ0v) is 14.3. The van der Waals surface area contributed by atoms with E-state index in [0.717, 1.165) is 10.6 Å². The van der Waals surface area contributed by atoms with Gasteiger partial charge in [-0.15, -0.1) is 11.3 Å². The van der Waals surface area contributed by atoms with Crippen LogP contribution in [0, 0.1) is 6.92 Å². The van der Waals surface area contributed by atoms with Crippen molar-refractivity contribution in [3.8, 4) is 27.8 Å². The molecule has 126 valence electrons. The molecule has 1 aromatic heterocycles. The van der Waals surface area contributed by atoms with E-state index in [1.54, 1.807) is 23.6 Å². The van der Waals surface area contributed by atoms with Crippen molar-refractivity contribution in [2.45, 2.75) is 6.92 Å². The minimum absolute atomic E-state index is 0.287. The number of ether oxygens (including phenoxy) is 3. The van der Waals surface area contributed by atoms with Gasteiger partial charge >= 0.3 is 5.97 Å². The summed E-state index contributed by atoms with van der Waals surface area (Å²) in [7, 11) is 0. The lowest BCUT2D eigenvalue weighted by Gasteiger charge is -2.18. The molecule has 0 unspecified atom stereocenters. The fourth-order valence-electron chi connectivity index (χ4n) is 2.44. The van der Waals surface area contributed by atoms with Gasteiger partial charge in [-0.2, -0.15) is 0 Å². The van der Waals surface area contributed by atoms with E-state index in [4.69, 9.17) is 14.2 Å². The van der Waals surface area contributed by atoms with Gasteiger partial charge in [0.05, 0.1) is 0 Å². The number of fused-ring (bicyclic) bond motifs is 1. The van der Waals surface area contributed by atoms with E-state index < -0.39 is 5.97 Å². The largest absolute Gasteiger partial charge is 0.486 e. The number of carbonyl (C=O) groups is 1. The van der Waals surface area contributed by atoms with Crippen LogP contribution < -0.4 is 14.2 Å². The highest BCUT2D eigenvalue weighted by Gasteiger charge is 2.17. The molecule has 0 saturated carbocycles. The molecule has 1 aliphatic heterocycles. The van der Waals surface area contributed by atoms with Crippen LogP contribution in [-0.2, 0) is 0 Å². The number of thiazole rings is 1. The lowest BCUT2D eigenvalue weighted by atomic mass is 10.2. The van der Waals surface area contributed by atoms with Gasteiger partial charge in [0.1, 0.15) is 24.0 Å². The summed E-state index contributed by atoms with van der Waals surface area (Å²) < 4.78 is 16.4. The van der Waals surface area contributed by atoms with Crippen LogP contribution in [0.4, 0.5) is 0 Å². The summed E-state index contributed by atoms with van der Waals surface area (Å²) in [5.74, 6) is 1.14. The molecule has 0 saturated heterocycles. The molecular formula is C19H15NO4S. The normalized spacial score (nSPS) is 12.7. The smallest absolute Gasteiger partial charge is 0.363 e. The summed E-state index contributed by atoms with van der Waals surface area (Å²) in [6.45, 7) is 3.03. The molecule has 0 fully saturated rings. The lowest BCUT2D eigenvalue weighted by molar-refractivity contribution is 0.0728. The van der Waals surface area contributed by atoms with Gasteiger partial charge in [0, 0.05) is 17.0 Å². The summed E-state index contributed by atoms with van der Waals surface area (Å²) in [4.78, 5) is 16.7. The summed E-state index contributed by atoms with van der Waals surface area (Å²) in [6.07, 6.45) is 0. The quantitative estimate of drug-likeness (QED) is 0.524. The number of aromatic nitrogens is 1. The average Bonchev–Trinajstić information content (AvgIpc) is 3.12. The molecule has 3 aromatic rings. The van der Waals surface area contributed by atoms with Gasteiger partial charge in [-0.05, 0) is 19.1 Å². The van der Waals surface area contributed by atoms with Gasteiger partial charge in [-0.25, -0.2) is 9.78 Å². The van der Waals surface area contributed by atoms with Gasteiger partial charge in [-0.1, -0.05) is 29.8 Å². The Bertz CT molecular complexity index is 917. The van der Waals surface area contributed by atoms with Crippen molar-refractivity contribution in [1.29, 1.82) is 0 Å². The van der Waals surface area contributed by atoms with Gasteiger partial charge < -0.3 is 14.2 Å². The molecule has 6 heteroatoms. The Morgan fingerprint density at radius 3 is 2.64 bits per heavy atom. The fraction of sp³-hybridized carbons (Fsp3) is 0.158. The van der Waals surface area contributed by atoms with Crippen LogP contribution in [0.3, 0.4) is 0 Å². The zero-order valence-electron chi connectivity index (χ0n) is 13.5. The van der Waals surface area contributed by atoms with Crippen LogP contribution in [0.2, 0.25) is 0 Å². The molecule has 5 nitrogen and oxygen atoms in total. The van der Waals surface area contributed by atoms with Crippen LogP contribution in [0.15, 0.2) is 47.8 Å². The number of hydrogen-bond acceptors (Lipinski definition) is 6. The zero-order chi connectivity index (χ0) is 17.2. The van der Waals surface area contributed by atoms with E-state index in [2.05, 4.69) is 4.98 Å². The molecule has 2 aromatic carbocycles. The third-order valence-corrected chi connectivity index (χ3v) is 4.63.